The number of aryl methyl sites for hydroxylation is 3. The van der Waals surface area contributed by atoms with Gasteiger partial charge in [0.05, 0.1) is 28.5 Å². The van der Waals surface area contributed by atoms with Crippen LogP contribution in [0.5, 0.6) is 0 Å². The van der Waals surface area contributed by atoms with E-state index in [4.69, 9.17) is 15.0 Å². The topological polar surface area (TPSA) is 37.6 Å². The van der Waals surface area contributed by atoms with Gasteiger partial charge in [-0.05, 0) is 56.6 Å². The Labute approximate surface area is 208 Å². The first-order chi connectivity index (χ1) is 13.0. The molecule has 0 unspecified atom stereocenters. The van der Waals surface area contributed by atoms with Crippen molar-refractivity contribution in [3.8, 4) is 0 Å². The second-order valence-electron chi connectivity index (χ2n) is 6.74. The normalized spacial score (nSPS) is 11.5. The fourth-order valence-electron chi connectivity index (χ4n) is 2.90. The summed E-state index contributed by atoms with van der Waals surface area (Å²) < 4.78 is 0. The van der Waals surface area contributed by atoms with Crippen LogP contribution in [-0.2, 0) is 0 Å². The Balaban J connectivity index is 0.00000210. The molecule has 1 aromatic heterocycles. The van der Waals surface area contributed by atoms with Gasteiger partial charge in [-0.1, -0.05) is 38.6 Å². The number of hydrogen-bond acceptors (Lipinski definition) is 3. The molecule has 4 heteroatoms. The van der Waals surface area contributed by atoms with Crippen molar-refractivity contribution >= 4 is 22.8 Å². The average molecular weight is 511 g/mol. The van der Waals surface area contributed by atoms with Gasteiger partial charge in [0.2, 0.25) is 0 Å². The summed E-state index contributed by atoms with van der Waals surface area (Å²) in [4.78, 5) is 14.3. The number of aromatic nitrogens is 1. The third-order valence-corrected chi connectivity index (χ3v) is 4.53. The standard InChI is InChI=1S/C24H24N3.CH4.Pr/c1-16-10-6-7-13-21(16)25-19(4)22-14-9-15-23(27-22)20(5)26-24-17(2)11-8-12-18(24)3;;/h6-12,14-15H,1-5H3;1H4;/q-1;;. The molecule has 0 saturated heterocycles. The molecule has 0 aliphatic carbocycles. The second kappa shape index (κ2) is 11.5. The number of hydrogen-bond donors (Lipinski definition) is 0. The van der Waals surface area contributed by atoms with E-state index in [2.05, 4.69) is 38.1 Å². The van der Waals surface area contributed by atoms with Crippen LogP contribution in [0, 0.1) is 68.1 Å². The van der Waals surface area contributed by atoms with Crippen LogP contribution in [0.1, 0.15) is 49.4 Å². The van der Waals surface area contributed by atoms with Gasteiger partial charge in [0.1, 0.15) is 0 Å². The van der Waals surface area contributed by atoms with Crippen LogP contribution in [0.4, 0.5) is 11.4 Å². The Bertz CT molecular complexity index is 1020. The molecular weight excluding hydrogens is 483 g/mol. The fraction of sp³-hybridized carbons (Fsp3) is 0.240. The molecule has 0 saturated carbocycles. The van der Waals surface area contributed by atoms with Crippen molar-refractivity contribution in [3.05, 3.63) is 88.7 Å². The van der Waals surface area contributed by atoms with Gasteiger partial charge < -0.3 is 0 Å². The number of pyridine rings is 1. The van der Waals surface area contributed by atoms with E-state index in [9.17, 15) is 0 Å². The van der Waals surface area contributed by atoms with Crippen molar-refractivity contribution < 1.29 is 41.3 Å². The van der Waals surface area contributed by atoms with Crippen molar-refractivity contribution in [1.82, 2.24) is 4.98 Å². The third-order valence-electron chi connectivity index (χ3n) is 4.53. The molecule has 3 rings (SSSR count). The Morgan fingerprint density at radius 2 is 1.28 bits per heavy atom. The van der Waals surface area contributed by atoms with Gasteiger partial charge in [0.25, 0.3) is 0 Å². The van der Waals surface area contributed by atoms with Crippen LogP contribution in [0.15, 0.2) is 64.6 Å². The molecule has 1 radical (unpaired) electrons. The zero-order chi connectivity index (χ0) is 19.4. The minimum atomic E-state index is 0. The van der Waals surface area contributed by atoms with Crippen LogP contribution in [-0.4, -0.2) is 16.4 Å². The summed E-state index contributed by atoms with van der Waals surface area (Å²) in [6, 6.07) is 21.3. The molecule has 0 bridgehead atoms. The van der Waals surface area contributed by atoms with Gasteiger partial charge in [-0.15, -0.1) is 5.56 Å². The maximum absolute atomic E-state index is 4.84. The monoisotopic (exact) mass is 511 g/mol. The minimum Gasteiger partial charge on any atom is -0.278 e. The minimum absolute atomic E-state index is 0. The molecule has 0 fully saturated rings. The summed E-state index contributed by atoms with van der Waals surface area (Å²) in [5, 5.41) is 0. The molecule has 0 N–H and O–H groups in total. The smallest absolute Gasteiger partial charge is 0.0849 e. The molecule has 0 aliphatic heterocycles. The second-order valence-corrected chi connectivity index (χ2v) is 6.74. The van der Waals surface area contributed by atoms with Gasteiger partial charge in [0.15, 0.2) is 0 Å². The Morgan fingerprint density at radius 1 is 0.759 bits per heavy atom. The molecule has 29 heavy (non-hydrogen) atoms. The summed E-state index contributed by atoms with van der Waals surface area (Å²) in [5.41, 5.74) is 8.76. The zero-order valence-corrected chi connectivity index (χ0v) is 20.8. The van der Waals surface area contributed by atoms with E-state index in [1.54, 1.807) is 0 Å². The maximum Gasteiger partial charge on any atom is 0.0849 e. The molecule has 3 nitrogen and oxygen atoms in total. The quantitative estimate of drug-likeness (QED) is 0.283. The van der Waals surface area contributed by atoms with E-state index in [0.717, 1.165) is 39.7 Å². The Morgan fingerprint density at radius 3 is 1.86 bits per heavy atom. The van der Waals surface area contributed by atoms with Crippen molar-refractivity contribution in [3.63, 3.8) is 0 Å². The largest absolute Gasteiger partial charge is 0.278 e. The fourth-order valence-corrected chi connectivity index (χ4v) is 2.90. The summed E-state index contributed by atoms with van der Waals surface area (Å²) in [6.45, 7) is 10.2. The molecule has 0 spiro atoms. The Hall–Kier alpha value is -1.71. The van der Waals surface area contributed by atoms with E-state index in [1.165, 1.54) is 11.1 Å². The van der Waals surface area contributed by atoms with Crippen molar-refractivity contribution in [1.29, 1.82) is 0 Å². The van der Waals surface area contributed by atoms with E-state index >= 15 is 0 Å². The number of nitrogens with zero attached hydrogens (tertiary/aromatic N) is 3. The van der Waals surface area contributed by atoms with Crippen LogP contribution < -0.4 is 0 Å². The molecule has 2 aromatic carbocycles. The molecule has 1 heterocycles. The SMILES string of the molecule is C.CC(=Nc1[c-]cccc1C)c1cccc(C(C)=Nc2c(C)cccc2C)n1.[Pr]. The first-order valence-corrected chi connectivity index (χ1v) is 9.07. The number of para-hydroxylation sites is 2. The van der Waals surface area contributed by atoms with E-state index < -0.39 is 0 Å². The first-order valence-electron chi connectivity index (χ1n) is 9.07. The molecule has 0 amide bonds. The molecular formula is C25H28N3Pr-. The molecule has 3 aromatic rings. The van der Waals surface area contributed by atoms with E-state index in [0.29, 0.717) is 0 Å². The molecule has 147 valence electrons. The van der Waals surface area contributed by atoms with Gasteiger partial charge in [0, 0.05) is 41.3 Å². The summed E-state index contributed by atoms with van der Waals surface area (Å²) in [7, 11) is 0. The number of benzene rings is 2. The van der Waals surface area contributed by atoms with Crippen molar-refractivity contribution in [2.45, 2.75) is 42.0 Å². The van der Waals surface area contributed by atoms with Crippen LogP contribution >= 0.6 is 0 Å². The van der Waals surface area contributed by atoms with Gasteiger partial charge in [-0.3, -0.25) is 9.98 Å². The predicted octanol–water partition coefficient (Wildman–Crippen LogP) is 6.72. The first kappa shape index (κ1) is 25.3. The summed E-state index contributed by atoms with van der Waals surface area (Å²) in [6.07, 6.45) is 0. The van der Waals surface area contributed by atoms with Gasteiger partial charge in [-0.25, -0.2) is 4.98 Å². The Kier molecular flexibility index (Phi) is 10.0. The van der Waals surface area contributed by atoms with E-state index in [-0.39, 0.29) is 48.7 Å². The van der Waals surface area contributed by atoms with Crippen LogP contribution in [0.2, 0.25) is 0 Å². The summed E-state index contributed by atoms with van der Waals surface area (Å²) in [5.74, 6) is 0. The maximum atomic E-state index is 4.84. The average Bonchev–Trinajstić information content (AvgIpc) is 2.66. The molecule has 0 aliphatic rings. The predicted molar refractivity (Wildman–Crippen MR) is 121 cm³/mol. The number of aliphatic imine (C=N–C) groups is 2. The third kappa shape index (κ3) is 6.39. The molecule has 0 atom stereocenters. The number of rotatable bonds is 4. The van der Waals surface area contributed by atoms with Crippen molar-refractivity contribution in [2.75, 3.05) is 0 Å². The van der Waals surface area contributed by atoms with Gasteiger partial charge in [-0.2, -0.15) is 24.3 Å². The van der Waals surface area contributed by atoms with Gasteiger partial charge >= 0.3 is 0 Å². The van der Waals surface area contributed by atoms with Crippen LogP contribution in [0.25, 0.3) is 0 Å². The van der Waals surface area contributed by atoms with Crippen molar-refractivity contribution in [2.24, 2.45) is 9.98 Å². The van der Waals surface area contributed by atoms with E-state index in [1.807, 2.05) is 57.2 Å². The van der Waals surface area contributed by atoms with Crippen LogP contribution in [0.3, 0.4) is 0 Å². The summed E-state index contributed by atoms with van der Waals surface area (Å²) >= 11 is 0. The zero-order valence-electron chi connectivity index (χ0n) is 17.1.